The molecule has 35 heavy (non-hydrogen) atoms. The van der Waals surface area contributed by atoms with E-state index >= 15 is 0 Å². The molecule has 2 N–H and O–H groups in total. The van der Waals surface area contributed by atoms with Crippen molar-refractivity contribution in [2.24, 2.45) is 11.0 Å². The summed E-state index contributed by atoms with van der Waals surface area (Å²) in [5.74, 6) is 1.76. The summed E-state index contributed by atoms with van der Waals surface area (Å²) in [6.45, 7) is 1.93. The van der Waals surface area contributed by atoms with Crippen molar-refractivity contribution in [3.05, 3.63) is 112 Å². The molecule has 1 heterocycles. The van der Waals surface area contributed by atoms with Crippen LogP contribution in [0.3, 0.4) is 0 Å². The van der Waals surface area contributed by atoms with Gasteiger partial charge in [-0.15, -0.1) is 11.8 Å². The van der Waals surface area contributed by atoms with Gasteiger partial charge in [0, 0.05) is 22.4 Å². The number of nitrogens with one attached hydrogen (secondary N) is 2. The molecule has 0 aromatic heterocycles. The molecule has 0 saturated carbocycles. The first kappa shape index (κ1) is 23.7. The first-order valence-corrected chi connectivity index (χ1v) is 13.4. The fourth-order valence-electron chi connectivity index (χ4n) is 4.92. The Morgan fingerprint density at radius 2 is 1.91 bits per heavy atom. The van der Waals surface area contributed by atoms with E-state index in [1.54, 1.807) is 0 Å². The molecule has 1 aliphatic heterocycles. The summed E-state index contributed by atoms with van der Waals surface area (Å²) >= 11 is 7.71. The highest BCUT2D eigenvalue weighted by Crippen LogP contribution is 2.49. The number of benzene rings is 3. The zero-order chi connectivity index (χ0) is 24.2. The van der Waals surface area contributed by atoms with Crippen molar-refractivity contribution in [3.8, 4) is 0 Å². The molecular weight excluding hydrogens is 474 g/mol. The summed E-state index contributed by atoms with van der Waals surface area (Å²) in [7, 11) is 0. The van der Waals surface area contributed by atoms with Crippen molar-refractivity contribution >= 4 is 40.7 Å². The maximum absolute atomic E-state index is 12.3. The number of nitrogens with zero attached hydrogens (tertiary/aromatic N) is 1. The fraction of sp³-hybridized carbons (Fsp3) is 0.241. The van der Waals surface area contributed by atoms with Crippen molar-refractivity contribution in [1.29, 1.82) is 0 Å². The number of amides is 1. The quantitative estimate of drug-likeness (QED) is 0.209. The number of fused-ring (bicyclic) bond motifs is 3. The van der Waals surface area contributed by atoms with E-state index in [2.05, 4.69) is 76.5 Å². The third-order valence-corrected chi connectivity index (χ3v) is 8.09. The number of hydrogen-bond donors (Lipinski definition) is 2. The van der Waals surface area contributed by atoms with E-state index < -0.39 is 0 Å². The van der Waals surface area contributed by atoms with Gasteiger partial charge < -0.3 is 5.32 Å². The van der Waals surface area contributed by atoms with E-state index in [9.17, 15) is 4.79 Å². The smallest absolute Gasteiger partial charge is 0.250 e. The molecule has 0 fully saturated rings. The van der Waals surface area contributed by atoms with Crippen molar-refractivity contribution in [2.45, 2.75) is 31.1 Å². The lowest BCUT2D eigenvalue weighted by molar-refractivity contribution is -0.118. The van der Waals surface area contributed by atoms with E-state index in [-0.39, 0.29) is 5.91 Å². The van der Waals surface area contributed by atoms with E-state index in [1.807, 2.05) is 31.2 Å². The molecule has 0 bridgehead atoms. The van der Waals surface area contributed by atoms with Crippen LogP contribution in [0.5, 0.6) is 0 Å². The van der Waals surface area contributed by atoms with Gasteiger partial charge in [0.2, 0.25) is 5.91 Å². The Labute approximate surface area is 215 Å². The molecule has 1 amide bonds. The molecule has 3 aromatic carbocycles. The number of halogens is 1. The van der Waals surface area contributed by atoms with Crippen molar-refractivity contribution in [1.82, 2.24) is 5.43 Å². The second kappa shape index (κ2) is 10.7. The lowest BCUT2D eigenvalue weighted by Crippen LogP contribution is -2.29. The Balaban J connectivity index is 1.24. The molecule has 6 heteroatoms. The first-order chi connectivity index (χ1) is 17.1. The number of anilines is 1. The molecule has 0 spiro atoms. The molecular formula is C29H28ClN3OS. The van der Waals surface area contributed by atoms with E-state index in [0.717, 1.165) is 28.3 Å². The highest BCUT2D eigenvalue weighted by molar-refractivity contribution is 7.99. The molecule has 178 valence electrons. The molecule has 3 aromatic rings. The lowest BCUT2D eigenvalue weighted by Gasteiger charge is -2.37. The monoisotopic (exact) mass is 501 g/mol. The van der Waals surface area contributed by atoms with Crippen LogP contribution in [0, 0.1) is 5.92 Å². The SMILES string of the molecule is C/C(=N/NC(=O)CSCc1ccccc1Cl)c1ccc2c(c1)[C@@H]1C=CC[C@@H]1[C@H](c1ccccc1)N2. The highest BCUT2D eigenvalue weighted by atomic mass is 35.5. The van der Waals surface area contributed by atoms with Gasteiger partial charge in [0.1, 0.15) is 0 Å². The largest absolute Gasteiger partial charge is 0.378 e. The second-order valence-electron chi connectivity index (χ2n) is 9.00. The number of thioether (sulfide) groups is 1. The Hall–Kier alpha value is -3.02. The average Bonchev–Trinajstić information content (AvgIpc) is 3.38. The standard InChI is InChI=1S/C29H28ClN3OS/c1-19(32-33-28(34)18-35-17-22-10-5-6-13-26(22)30)21-14-15-27-25(16-21)23-11-7-12-24(23)29(31-27)20-8-3-2-4-9-20/h2-11,13-16,23-24,29,31H,12,17-18H2,1H3,(H,33,34)/b32-19-/t23-,24+,29+/m1/s1. The minimum Gasteiger partial charge on any atom is -0.378 e. The lowest BCUT2D eigenvalue weighted by atomic mass is 9.76. The highest BCUT2D eigenvalue weighted by Gasteiger charge is 2.37. The third-order valence-electron chi connectivity index (χ3n) is 6.74. The molecule has 2 aliphatic rings. The maximum atomic E-state index is 12.3. The molecule has 0 unspecified atom stereocenters. The van der Waals surface area contributed by atoms with Crippen LogP contribution in [-0.2, 0) is 10.5 Å². The van der Waals surface area contributed by atoms with Crippen LogP contribution >= 0.6 is 23.4 Å². The van der Waals surface area contributed by atoms with Gasteiger partial charge in [-0.25, -0.2) is 5.43 Å². The number of carbonyl (C=O) groups is 1. The molecule has 0 radical (unpaired) electrons. The number of carbonyl (C=O) groups excluding carboxylic acids is 1. The van der Waals surface area contributed by atoms with Crippen molar-refractivity contribution < 1.29 is 4.79 Å². The van der Waals surface area contributed by atoms with Gasteiger partial charge in [-0.3, -0.25) is 4.79 Å². The summed E-state index contributed by atoms with van der Waals surface area (Å²) in [6.07, 6.45) is 5.71. The molecule has 3 atom stereocenters. The first-order valence-electron chi connectivity index (χ1n) is 11.9. The summed E-state index contributed by atoms with van der Waals surface area (Å²) in [4.78, 5) is 12.3. The van der Waals surface area contributed by atoms with Gasteiger partial charge in [0.05, 0.1) is 17.5 Å². The Morgan fingerprint density at radius 3 is 2.74 bits per heavy atom. The Kier molecular flexibility index (Phi) is 7.26. The second-order valence-corrected chi connectivity index (χ2v) is 10.4. The van der Waals surface area contributed by atoms with Gasteiger partial charge in [-0.05, 0) is 59.7 Å². The minimum atomic E-state index is -0.120. The van der Waals surface area contributed by atoms with Crippen LogP contribution in [0.15, 0.2) is 90.0 Å². The normalized spacial score (nSPS) is 20.6. The van der Waals surface area contributed by atoms with Crippen molar-refractivity contribution in [3.63, 3.8) is 0 Å². The Bertz CT molecular complexity index is 1270. The summed E-state index contributed by atoms with van der Waals surface area (Å²) in [6, 6.07) is 25.1. The zero-order valence-corrected chi connectivity index (χ0v) is 21.2. The van der Waals surface area contributed by atoms with Gasteiger partial charge >= 0.3 is 0 Å². The van der Waals surface area contributed by atoms with Gasteiger partial charge in [0.25, 0.3) is 0 Å². The topological polar surface area (TPSA) is 53.5 Å². The summed E-state index contributed by atoms with van der Waals surface area (Å²) in [5.41, 5.74) is 9.34. The Morgan fingerprint density at radius 1 is 1.11 bits per heavy atom. The van der Waals surface area contributed by atoms with Gasteiger partial charge in [-0.2, -0.15) is 5.10 Å². The number of hydrazone groups is 1. The van der Waals surface area contributed by atoms with Crippen LogP contribution in [0.25, 0.3) is 0 Å². The number of hydrogen-bond acceptors (Lipinski definition) is 4. The fourth-order valence-corrected chi connectivity index (χ4v) is 6.03. The third kappa shape index (κ3) is 5.31. The van der Waals surface area contributed by atoms with Crippen LogP contribution < -0.4 is 10.7 Å². The zero-order valence-electron chi connectivity index (χ0n) is 19.6. The average molecular weight is 502 g/mol. The molecule has 5 rings (SSSR count). The number of allylic oxidation sites excluding steroid dienone is 2. The van der Waals surface area contributed by atoms with E-state index in [0.29, 0.717) is 29.4 Å². The predicted octanol–water partition coefficient (Wildman–Crippen LogP) is 6.94. The van der Waals surface area contributed by atoms with E-state index in [1.165, 1.54) is 28.6 Å². The molecule has 1 aliphatic carbocycles. The maximum Gasteiger partial charge on any atom is 0.250 e. The molecule has 0 saturated heterocycles. The van der Waals surface area contributed by atoms with Crippen LogP contribution in [0.2, 0.25) is 5.02 Å². The van der Waals surface area contributed by atoms with Crippen molar-refractivity contribution in [2.75, 3.05) is 11.1 Å². The van der Waals surface area contributed by atoms with Gasteiger partial charge in [-0.1, -0.05) is 78.4 Å². The van der Waals surface area contributed by atoms with Crippen LogP contribution in [0.4, 0.5) is 5.69 Å². The summed E-state index contributed by atoms with van der Waals surface area (Å²) < 4.78 is 0. The van der Waals surface area contributed by atoms with Crippen LogP contribution in [0.1, 0.15) is 47.6 Å². The number of rotatable bonds is 7. The van der Waals surface area contributed by atoms with Crippen LogP contribution in [-0.4, -0.2) is 17.4 Å². The molecule has 4 nitrogen and oxygen atoms in total. The van der Waals surface area contributed by atoms with Gasteiger partial charge in [0.15, 0.2) is 0 Å². The minimum absolute atomic E-state index is 0.120. The predicted molar refractivity (Wildman–Crippen MR) is 147 cm³/mol. The van der Waals surface area contributed by atoms with E-state index in [4.69, 9.17) is 11.6 Å². The summed E-state index contributed by atoms with van der Waals surface area (Å²) in [5, 5.41) is 8.88.